The average molecular weight is 242 g/mol. The Hall–Kier alpha value is -0.980. The maximum absolute atomic E-state index is 10.3. The smallest absolute Gasteiger partial charge is 0.119 e. The fourth-order valence-corrected chi connectivity index (χ4v) is 4.76. The van der Waals surface area contributed by atoms with Crippen LogP contribution in [0.3, 0.4) is 0 Å². The molecule has 1 nitrogen and oxygen atoms in total. The molecule has 18 heavy (non-hydrogen) atoms. The molecule has 1 aromatic rings. The number of hydrogen-bond donors (Lipinski definition) is 1. The zero-order chi connectivity index (χ0) is 12.1. The number of phenols is 1. The fraction of sp³-hybridized carbons (Fsp3) is 0.647. The minimum absolute atomic E-state index is 0.607. The molecule has 3 aliphatic rings. The summed E-state index contributed by atoms with van der Waals surface area (Å²) < 4.78 is 0. The second kappa shape index (κ2) is 4.01. The highest BCUT2D eigenvalue weighted by atomic mass is 16.3. The predicted molar refractivity (Wildman–Crippen MR) is 73.2 cm³/mol. The molecule has 0 unspecified atom stereocenters. The van der Waals surface area contributed by atoms with E-state index in [9.17, 15) is 5.11 Å². The van der Waals surface area contributed by atoms with Gasteiger partial charge in [-0.15, -0.1) is 0 Å². The molecule has 0 amide bonds. The normalized spacial score (nSPS) is 29.6. The summed E-state index contributed by atoms with van der Waals surface area (Å²) in [7, 11) is 0. The highest BCUT2D eigenvalue weighted by Gasteiger charge is 2.35. The van der Waals surface area contributed by atoms with Crippen LogP contribution >= 0.6 is 0 Å². The van der Waals surface area contributed by atoms with Crippen molar-refractivity contribution in [2.24, 2.45) is 5.92 Å². The van der Waals surface area contributed by atoms with Gasteiger partial charge in [-0.2, -0.15) is 0 Å². The van der Waals surface area contributed by atoms with E-state index >= 15 is 0 Å². The molecular weight excluding hydrogens is 220 g/mol. The van der Waals surface area contributed by atoms with Gasteiger partial charge in [0.2, 0.25) is 0 Å². The van der Waals surface area contributed by atoms with E-state index in [0.717, 1.165) is 18.3 Å². The van der Waals surface area contributed by atoms with Gasteiger partial charge in [0.05, 0.1) is 0 Å². The number of benzene rings is 1. The lowest BCUT2D eigenvalue weighted by Gasteiger charge is -2.33. The summed E-state index contributed by atoms with van der Waals surface area (Å²) in [6.07, 6.45) is 11.7. The molecule has 0 aliphatic heterocycles. The van der Waals surface area contributed by atoms with Crippen LogP contribution < -0.4 is 0 Å². The largest absolute Gasteiger partial charge is 0.508 e. The van der Waals surface area contributed by atoms with Gasteiger partial charge in [-0.1, -0.05) is 6.42 Å². The Kier molecular flexibility index (Phi) is 2.43. The van der Waals surface area contributed by atoms with Gasteiger partial charge in [0.25, 0.3) is 0 Å². The van der Waals surface area contributed by atoms with E-state index < -0.39 is 0 Å². The number of phenolic OH excluding ortho intramolecular Hbond substituents is 1. The van der Waals surface area contributed by atoms with Crippen LogP contribution in [0.1, 0.15) is 66.7 Å². The number of fused-ring (bicyclic) bond motifs is 5. The number of aromatic hydroxyl groups is 1. The second-order valence-electron chi connectivity index (χ2n) is 6.46. The third-order valence-electron chi connectivity index (χ3n) is 5.61. The summed E-state index contributed by atoms with van der Waals surface area (Å²) in [6, 6.07) is 2.14. The zero-order valence-electron chi connectivity index (χ0n) is 11.0. The molecule has 1 aromatic carbocycles. The van der Waals surface area contributed by atoms with E-state index in [1.165, 1.54) is 62.5 Å². The van der Waals surface area contributed by atoms with Gasteiger partial charge in [-0.25, -0.2) is 0 Å². The Labute approximate surface area is 109 Å². The topological polar surface area (TPSA) is 20.2 Å². The van der Waals surface area contributed by atoms with Gasteiger partial charge < -0.3 is 5.11 Å². The molecule has 3 aliphatic carbocycles. The first-order valence-corrected chi connectivity index (χ1v) is 7.71. The van der Waals surface area contributed by atoms with Crippen LogP contribution in [0, 0.1) is 5.92 Å². The molecule has 0 spiro atoms. The van der Waals surface area contributed by atoms with E-state index in [2.05, 4.69) is 6.07 Å². The van der Waals surface area contributed by atoms with Crippen molar-refractivity contribution in [3.8, 4) is 5.75 Å². The van der Waals surface area contributed by atoms with Crippen molar-refractivity contribution in [3.63, 3.8) is 0 Å². The van der Waals surface area contributed by atoms with Gasteiger partial charge in [-0.05, 0) is 91.5 Å². The first-order chi connectivity index (χ1) is 8.84. The van der Waals surface area contributed by atoms with Gasteiger partial charge in [0.1, 0.15) is 5.75 Å². The van der Waals surface area contributed by atoms with Crippen molar-refractivity contribution >= 4 is 0 Å². The lowest BCUT2D eigenvalue weighted by molar-refractivity contribution is 0.411. The van der Waals surface area contributed by atoms with Crippen LogP contribution in [0.2, 0.25) is 0 Å². The molecule has 0 heterocycles. The lowest BCUT2D eigenvalue weighted by Crippen LogP contribution is -2.19. The van der Waals surface area contributed by atoms with E-state index in [1.54, 1.807) is 11.1 Å². The fourth-order valence-electron chi connectivity index (χ4n) is 4.76. The summed E-state index contributed by atoms with van der Waals surface area (Å²) in [4.78, 5) is 0. The van der Waals surface area contributed by atoms with Crippen molar-refractivity contribution in [1.82, 2.24) is 0 Å². The Bertz CT molecular complexity index is 489. The Balaban J connectivity index is 1.88. The molecule has 0 aromatic heterocycles. The van der Waals surface area contributed by atoms with Crippen LogP contribution in [-0.2, 0) is 19.3 Å². The van der Waals surface area contributed by atoms with Crippen LogP contribution in [0.15, 0.2) is 6.07 Å². The van der Waals surface area contributed by atoms with Crippen LogP contribution in [0.25, 0.3) is 0 Å². The highest BCUT2D eigenvalue weighted by molar-refractivity contribution is 5.52. The first kappa shape index (κ1) is 10.9. The number of rotatable bonds is 0. The third-order valence-corrected chi connectivity index (χ3v) is 5.61. The minimum Gasteiger partial charge on any atom is -0.508 e. The number of hydrogen-bond acceptors (Lipinski definition) is 1. The van der Waals surface area contributed by atoms with E-state index in [4.69, 9.17) is 0 Å². The molecular formula is C17H22O. The summed E-state index contributed by atoms with van der Waals surface area (Å²) in [5.41, 5.74) is 6.01. The van der Waals surface area contributed by atoms with Crippen molar-refractivity contribution in [2.45, 2.75) is 63.7 Å². The van der Waals surface area contributed by atoms with Crippen molar-refractivity contribution < 1.29 is 5.11 Å². The molecule has 1 saturated carbocycles. The van der Waals surface area contributed by atoms with Crippen LogP contribution in [0.5, 0.6) is 5.75 Å². The van der Waals surface area contributed by atoms with Gasteiger partial charge >= 0.3 is 0 Å². The van der Waals surface area contributed by atoms with Crippen molar-refractivity contribution in [3.05, 3.63) is 28.3 Å². The molecule has 0 saturated heterocycles. The monoisotopic (exact) mass is 242 g/mol. The van der Waals surface area contributed by atoms with E-state index in [0.29, 0.717) is 5.75 Å². The van der Waals surface area contributed by atoms with E-state index in [-0.39, 0.29) is 0 Å². The summed E-state index contributed by atoms with van der Waals surface area (Å²) in [5.74, 6) is 2.29. The van der Waals surface area contributed by atoms with Gasteiger partial charge in [-0.3, -0.25) is 0 Å². The molecule has 2 atom stereocenters. The van der Waals surface area contributed by atoms with Crippen molar-refractivity contribution in [2.75, 3.05) is 0 Å². The first-order valence-electron chi connectivity index (χ1n) is 7.71. The summed E-state index contributed by atoms with van der Waals surface area (Å²) in [6.45, 7) is 0. The lowest BCUT2D eigenvalue weighted by atomic mass is 9.72. The molecule has 0 bridgehead atoms. The van der Waals surface area contributed by atoms with Gasteiger partial charge in [0.15, 0.2) is 0 Å². The molecule has 4 rings (SSSR count). The minimum atomic E-state index is 0.607. The molecule has 96 valence electrons. The van der Waals surface area contributed by atoms with Crippen LogP contribution in [0.4, 0.5) is 0 Å². The average Bonchev–Trinajstić information content (AvgIpc) is 2.88. The maximum Gasteiger partial charge on any atom is 0.119 e. The van der Waals surface area contributed by atoms with E-state index in [1.807, 2.05) is 0 Å². The Morgan fingerprint density at radius 1 is 0.833 bits per heavy atom. The van der Waals surface area contributed by atoms with Gasteiger partial charge in [0, 0.05) is 0 Å². The summed E-state index contributed by atoms with van der Waals surface area (Å²) >= 11 is 0. The summed E-state index contributed by atoms with van der Waals surface area (Å²) in [5, 5.41) is 10.3. The van der Waals surface area contributed by atoms with Crippen LogP contribution in [-0.4, -0.2) is 5.11 Å². The second-order valence-corrected chi connectivity index (χ2v) is 6.46. The molecule has 1 heteroatoms. The van der Waals surface area contributed by atoms with Crippen molar-refractivity contribution in [1.29, 1.82) is 0 Å². The SMILES string of the molecule is Oc1cc2c(c3c1CCCC3)CC[C@@H]1CCC[C@@H]21. The molecule has 0 radical (unpaired) electrons. The Morgan fingerprint density at radius 2 is 1.67 bits per heavy atom. The Morgan fingerprint density at radius 3 is 2.56 bits per heavy atom. The quantitative estimate of drug-likeness (QED) is 0.726. The zero-order valence-corrected chi connectivity index (χ0v) is 11.0. The predicted octanol–water partition coefficient (Wildman–Crippen LogP) is 4.10. The maximum atomic E-state index is 10.3. The third kappa shape index (κ3) is 1.46. The standard InChI is InChI=1S/C17H22O/c18-17-10-16-12-7-3-4-11(12)8-9-14(16)13-5-1-2-6-15(13)17/h10-12,18H,1-9H2/t11-,12+/m0/s1. The molecule has 1 N–H and O–H groups in total. The highest BCUT2D eigenvalue weighted by Crippen LogP contribution is 2.50. The molecule has 1 fully saturated rings.